The van der Waals surface area contributed by atoms with E-state index in [1.54, 1.807) is 6.07 Å². The van der Waals surface area contributed by atoms with Gasteiger partial charge in [0.15, 0.2) is 0 Å². The van der Waals surface area contributed by atoms with Crippen LogP contribution in [0.2, 0.25) is 0 Å². The maximum absolute atomic E-state index is 12.7. The zero-order chi connectivity index (χ0) is 15.3. The second-order valence-electron chi connectivity index (χ2n) is 5.95. The van der Waals surface area contributed by atoms with Gasteiger partial charge in [-0.2, -0.15) is 13.2 Å². The molecule has 0 saturated heterocycles. The Bertz CT molecular complexity index is 436. The van der Waals surface area contributed by atoms with Gasteiger partial charge >= 0.3 is 6.18 Å². The van der Waals surface area contributed by atoms with Crippen LogP contribution < -0.4 is 5.32 Å². The smallest absolute Gasteiger partial charge is 0.314 e. The summed E-state index contributed by atoms with van der Waals surface area (Å²) in [5, 5.41) is 3.52. The molecule has 21 heavy (non-hydrogen) atoms. The number of alkyl halides is 3. The summed E-state index contributed by atoms with van der Waals surface area (Å²) in [6.07, 6.45) is 2.45. The Morgan fingerprint density at radius 2 is 1.95 bits per heavy atom. The zero-order valence-corrected chi connectivity index (χ0v) is 12.5. The molecule has 118 valence electrons. The fraction of sp³-hybridized carbons (Fsp3) is 0.647. The monoisotopic (exact) mass is 299 g/mol. The molecule has 0 spiro atoms. The first-order chi connectivity index (χ1) is 10.0. The first-order valence-corrected chi connectivity index (χ1v) is 7.90. The van der Waals surface area contributed by atoms with E-state index in [0.29, 0.717) is 18.4 Å². The highest BCUT2D eigenvalue weighted by atomic mass is 19.4. The molecule has 1 aliphatic rings. The number of rotatable bonds is 6. The molecule has 1 aliphatic carbocycles. The number of aryl methyl sites for hydroxylation is 1. The highest BCUT2D eigenvalue weighted by Gasteiger charge is 2.30. The molecule has 0 radical (unpaired) electrons. The van der Waals surface area contributed by atoms with Crippen LogP contribution in [0, 0.1) is 5.92 Å². The van der Waals surface area contributed by atoms with Gasteiger partial charge in [-0.25, -0.2) is 0 Å². The molecular formula is C17H24F3N. The summed E-state index contributed by atoms with van der Waals surface area (Å²) in [7, 11) is 0. The van der Waals surface area contributed by atoms with Gasteiger partial charge in [0.25, 0.3) is 0 Å². The van der Waals surface area contributed by atoms with E-state index < -0.39 is 11.7 Å². The average molecular weight is 299 g/mol. The predicted molar refractivity (Wildman–Crippen MR) is 79.2 cm³/mol. The van der Waals surface area contributed by atoms with Gasteiger partial charge < -0.3 is 5.32 Å². The number of nitrogens with one attached hydrogen (secondary N) is 1. The number of benzene rings is 1. The molecule has 0 aromatic heterocycles. The first-order valence-electron chi connectivity index (χ1n) is 7.90. The van der Waals surface area contributed by atoms with Crippen LogP contribution in [0.4, 0.5) is 13.2 Å². The van der Waals surface area contributed by atoms with E-state index in [4.69, 9.17) is 0 Å². The van der Waals surface area contributed by atoms with Gasteiger partial charge in [0.1, 0.15) is 0 Å². The van der Waals surface area contributed by atoms with Gasteiger partial charge in [0, 0.05) is 6.04 Å². The lowest BCUT2D eigenvalue weighted by Crippen LogP contribution is -2.35. The summed E-state index contributed by atoms with van der Waals surface area (Å²) in [5.74, 6) is 0.691. The summed E-state index contributed by atoms with van der Waals surface area (Å²) in [6.45, 7) is 3.01. The van der Waals surface area contributed by atoms with E-state index in [1.165, 1.54) is 37.8 Å². The van der Waals surface area contributed by atoms with Crippen molar-refractivity contribution in [3.05, 3.63) is 35.4 Å². The first kappa shape index (κ1) is 16.3. The van der Waals surface area contributed by atoms with Crippen LogP contribution in [-0.2, 0) is 12.6 Å². The molecule has 0 bridgehead atoms. The van der Waals surface area contributed by atoms with Gasteiger partial charge in [-0.15, -0.1) is 0 Å². The van der Waals surface area contributed by atoms with Crippen LogP contribution in [0.3, 0.4) is 0 Å². The minimum atomic E-state index is -4.25. The average Bonchev–Trinajstić information content (AvgIpc) is 2.97. The normalized spacial score (nSPS) is 18.1. The molecule has 1 atom stereocenters. The predicted octanol–water partition coefficient (Wildman–Crippen LogP) is 4.81. The Balaban J connectivity index is 1.97. The van der Waals surface area contributed by atoms with E-state index in [-0.39, 0.29) is 0 Å². The Labute approximate surface area is 124 Å². The van der Waals surface area contributed by atoms with Gasteiger partial charge in [-0.05, 0) is 49.8 Å². The van der Waals surface area contributed by atoms with Crippen molar-refractivity contribution in [1.29, 1.82) is 0 Å². The zero-order valence-electron chi connectivity index (χ0n) is 12.5. The molecule has 4 heteroatoms. The van der Waals surface area contributed by atoms with Crippen LogP contribution in [0.5, 0.6) is 0 Å². The maximum atomic E-state index is 12.7. The third-order valence-electron chi connectivity index (χ3n) is 4.43. The standard InChI is InChI=1S/C17H24F3N/c1-2-21-16(14-7-3-4-8-14)11-10-13-6-5-9-15(12-13)17(18,19)20/h5-6,9,12,14,16,21H,2-4,7-8,10-11H2,1H3. The van der Waals surface area contributed by atoms with E-state index in [9.17, 15) is 13.2 Å². The van der Waals surface area contributed by atoms with E-state index in [2.05, 4.69) is 12.2 Å². The van der Waals surface area contributed by atoms with Crippen LogP contribution in [0.1, 0.15) is 50.2 Å². The lowest BCUT2D eigenvalue weighted by atomic mass is 9.92. The molecule has 1 unspecified atom stereocenters. The second-order valence-corrected chi connectivity index (χ2v) is 5.95. The van der Waals surface area contributed by atoms with Gasteiger partial charge in [-0.3, -0.25) is 0 Å². The van der Waals surface area contributed by atoms with Crippen molar-refractivity contribution in [2.45, 2.75) is 57.7 Å². The Kier molecular flexibility index (Phi) is 5.68. The Morgan fingerprint density at radius 3 is 2.57 bits per heavy atom. The van der Waals surface area contributed by atoms with E-state index in [0.717, 1.165) is 24.6 Å². The summed E-state index contributed by atoms with van der Waals surface area (Å²) in [6, 6.07) is 6.18. The molecule has 1 nitrogen and oxygen atoms in total. The third kappa shape index (κ3) is 4.73. The summed E-state index contributed by atoms with van der Waals surface area (Å²) >= 11 is 0. The molecule has 1 saturated carbocycles. The van der Waals surface area contributed by atoms with Gasteiger partial charge in [0.2, 0.25) is 0 Å². The van der Waals surface area contributed by atoms with E-state index >= 15 is 0 Å². The van der Waals surface area contributed by atoms with Crippen LogP contribution in [-0.4, -0.2) is 12.6 Å². The number of hydrogen-bond donors (Lipinski definition) is 1. The van der Waals surface area contributed by atoms with Crippen LogP contribution in [0.25, 0.3) is 0 Å². The van der Waals surface area contributed by atoms with Crippen LogP contribution >= 0.6 is 0 Å². The molecule has 1 fully saturated rings. The van der Waals surface area contributed by atoms with Crippen molar-refractivity contribution in [2.24, 2.45) is 5.92 Å². The lowest BCUT2D eigenvalue weighted by Gasteiger charge is -2.24. The molecule has 0 amide bonds. The van der Waals surface area contributed by atoms with Crippen LogP contribution in [0.15, 0.2) is 24.3 Å². The van der Waals surface area contributed by atoms with Crippen molar-refractivity contribution in [2.75, 3.05) is 6.54 Å². The minimum Gasteiger partial charge on any atom is -0.314 e. The fourth-order valence-electron chi connectivity index (χ4n) is 3.35. The molecule has 0 heterocycles. The highest BCUT2D eigenvalue weighted by molar-refractivity contribution is 5.25. The number of halogens is 3. The quantitative estimate of drug-likeness (QED) is 0.795. The fourth-order valence-corrected chi connectivity index (χ4v) is 3.35. The largest absolute Gasteiger partial charge is 0.416 e. The molecule has 0 aliphatic heterocycles. The topological polar surface area (TPSA) is 12.0 Å². The number of hydrogen-bond acceptors (Lipinski definition) is 1. The third-order valence-corrected chi connectivity index (χ3v) is 4.43. The van der Waals surface area contributed by atoms with Crippen molar-refractivity contribution in [3.8, 4) is 0 Å². The van der Waals surface area contributed by atoms with E-state index in [1.807, 2.05) is 0 Å². The Hall–Kier alpha value is -1.03. The van der Waals surface area contributed by atoms with Crippen molar-refractivity contribution >= 4 is 0 Å². The van der Waals surface area contributed by atoms with Gasteiger partial charge in [0.05, 0.1) is 5.56 Å². The maximum Gasteiger partial charge on any atom is 0.416 e. The SMILES string of the molecule is CCNC(CCc1cccc(C(F)(F)F)c1)C1CCCC1. The van der Waals surface area contributed by atoms with Crippen molar-refractivity contribution < 1.29 is 13.2 Å². The van der Waals surface area contributed by atoms with Crippen molar-refractivity contribution in [3.63, 3.8) is 0 Å². The summed E-state index contributed by atoms with van der Waals surface area (Å²) < 4.78 is 38.2. The molecule has 2 rings (SSSR count). The summed E-state index contributed by atoms with van der Waals surface area (Å²) in [5.41, 5.74) is 0.242. The molecular weight excluding hydrogens is 275 g/mol. The molecule has 1 aromatic carbocycles. The summed E-state index contributed by atoms with van der Waals surface area (Å²) in [4.78, 5) is 0. The second kappa shape index (κ2) is 7.30. The Morgan fingerprint density at radius 1 is 1.24 bits per heavy atom. The molecule has 1 aromatic rings. The highest BCUT2D eigenvalue weighted by Crippen LogP contribution is 2.31. The minimum absolute atomic E-state index is 0.437. The van der Waals surface area contributed by atoms with Crippen molar-refractivity contribution in [1.82, 2.24) is 5.32 Å². The van der Waals surface area contributed by atoms with Gasteiger partial charge in [-0.1, -0.05) is 38.0 Å². The lowest BCUT2D eigenvalue weighted by molar-refractivity contribution is -0.137. The molecule has 1 N–H and O–H groups in total.